The first-order valence-electron chi connectivity index (χ1n) is 4.26. The molecule has 0 saturated carbocycles. The number of primary amides is 1. The van der Waals surface area contributed by atoms with Crippen LogP contribution >= 0.6 is 0 Å². The van der Waals surface area contributed by atoms with Crippen molar-refractivity contribution in [2.24, 2.45) is 5.73 Å². The summed E-state index contributed by atoms with van der Waals surface area (Å²) in [6, 6.07) is -0.297. The standard InChI is InChI=1S/C8H10N2O4/c9-6(11)8-3-1-5(2-4-8)10(14-8)7(12)13/h1,3,5H,2,4H2,(H2,9,11)(H,12,13). The molecule has 1 fully saturated rings. The van der Waals surface area contributed by atoms with Gasteiger partial charge in [0.05, 0.1) is 6.04 Å². The maximum atomic E-state index is 11.1. The zero-order chi connectivity index (χ0) is 10.3. The van der Waals surface area contributed by atoms with Gasteiger partial charge in [-0.1, -0.05) is 6.08 Å². The third kappa shape index (κ3) is 1.07. The number of carbonyl (C=O) groups excluding carboxylic acids is 1. The number of carbonyl (C=O) groups is 2. The van der Waals surface area contributed by atoms with Crippen LogP contribution < -0.4 is 5.73 Å². The van der Waals surface area contributed by atoms with Gasteiger partial charge in [-0.2, -0.15) is 5.06 Å². The van der Waals surface area contributed by atoms with E-state index in [-0.39, 0.29) is 6.04 Å². The molecular weight excluding hydrogens is 188 g/mol. The van der Waals surface area contributed by atoms with Crippen molar-refractivity contribution in [3.63, 3.8) is 0 Å². The fourth-order valence-corrected chi connectivity index (χ4v) is 1.75. The zero-order valence-electron chi connectivity index (χ0n) is 7.34. The average Bonchev–Trinajstić information content (AvgIpc) is 2.19. The van der Waals surface area contributed by atoms with Crippen molar-refractivity contribution in [1.29, 1.82) is 0 Å². The zero-order valence-corrected chi connectivity index (χ0v) is 7.34. The predicted molar refractivity (Wildman–Crippen MR) is 45.0 cm³/mol. The normalized spacial score (nSPS) is 34.6. The highest BCUT2D eigenvalue weighted by Gasteiger charge is 2.48. The third-order valence-corrected chi connectivity index (χ3v) is 2.57. The van der Waals surface area contributed by atoms with E-state index in [1.165, 1.54) is 0 Å². The van der Waals surface area contributed by atoms with Crippen LogP contribution in [0, 0.1) is 0 Å². The van der Waals surface area contributed by atoms with Gasteiger partial charge in [-0.25, -0.2) is 9.63 Å². The lowest BCUT2D eigenvalue weighted by molar-refractivity contribution is -0.245. The summed E-state index contributed by atoms with van der Waals surface area (Å²) in [4.78, 5) is 26.9. The number of fused-ring (bicyclic) bond motifs is 2. The molecule has 1 saturated heterocycles. The Balaban J connectivity index is 2.32. The number of rotatable bonds is 1. The van der Waals surface area contributed by atoms with E-state index in [4.69, 9.17) is 15.7 Å². The molecule has 2 aliphatic heterocycles. The molecule has 0 aromatic carbocycles. The van der Waals surface area contributed by atoms with Crippen molar-refractivity contribution in [1.82, 2.24) is 5.06 Å². The fourth-order valence-electron chi connectivity index (χ4n) is 1.75. The fraction of sp³-hybridized carbons (Fsp3) is 0.500. The van der Waals surface area contributed by atoms with Crippen molar-refractivity contribution < 1.29 is 19.5 Å². The molecule has 14 heavy (non-hydrogen) atoms. The smallest absolute Gasteiger partial charge is 0.432 e. The molecule has 1 aliphatic carbocycles. The minimum Gasteiger partial charge on any atom is -0.463 e. The maximum absolute atomic E-state index is 11.1. The molecule has 2 bridgehead atoms. The van der Waals surface area contributed by atoms with Crippen molar-refractivity contribution in [2.45, 2.75) is 24.5 Å². The lowest BCUT2D eigenvalue weighted by Gasteiger charge is -2.44. The van der Waals surface area contributed by atoms with E-state index in [9.17, 15) is 9.59 Å². The first kappa shape index (κ1) is 9.01. The molecule has 0 aromatic rings. The topological polar surface area (TPSA) is 92.9 Å². The Morgan fingerprint density at radius 2 is 2.36 bits per heavy atom. The molecular formula is C8H10N2O4. The van der Waals surface area contributed by atoms with E-state index in [0.29, 0.717) is 12.8 Å². The van der Waals surface area contributed by atoms with E-state index in [2.05, 4.69) is 0 Å². The molecule has 0 spiro atoms. The SMILES string of the molecule is NC(=O)C12C=CC(CC1)N(C(=O)O)O2. The van der Waals surface area contributed by atoms with Gasteiger partial charge in [-0.3, -0.25) is 4.79 Å². The van der Waals surface area contributed by atoms with Crippen LogP contribution in [0.3, 0.4) is 0 Å². The lowest BCUT2D eigenvalue weighted by atomic mass is 9.86. The second-order valence-electron chi connectivity index (χ2n) is 3.42. The summed E-state index contributed by atoms with van der Waals surface area (Å²) in [7, 11) is 0. The molecule has 2 amide bonds. The van der Waals surface area contributed by atoms with Gasteiger partial charge in [-0.15, -0.1) is 0 Å². The van der Waals surface area contributed by atoms with Gasteiger partial charge >= 0.3 is 6.09 Å². The second kappa shape index (κ2) is 2.71. The monoisotopic (exact) mass is 198 g/mol. The molecule has 2 atom stereocenters. The number of nitrogens with zero attached hydrogens (tertiary/aromatic N) is 1. The van der Waals surface area contributed by atoms with Gasteiger partial charge in [-0.05, 0) is 18.9 Å². The van der Waals surface area contributed by atoms with E-state index in [1.807, 2.05) is 0 Å². The summed E-state index contributed by atoms with van der Waals surface area (Å²) in [5.41, 5.74) is 3.91. The van der Waals surface area contributed by atoms with E-state index < -0.39 is 17.6 Å². The Bertz CT molecular complexity index is 327. The van der Waals surface area contributed by atoms with Crippen molar-refractivity contribution in [3.05, 3.63) is 12.2 Å². The van der Waals surface area contributed by atoms with E-state index >= 15 is 0 Å². The van der Waals surface area contributed by atoms with Crippen LogP contribution in [0.4, 0.5) is 4.79 Å². The summed E-state index contributed by atoms with van der Waals surface area (Å²) in [6.07, 6.45) is 2.98. The molecule has 3 N–H and O–H groups in total. The molecule has 2 heterocycles. The highest BCUT2D eigenvalue weighted by molar-refractivity contribution is 5.86. The summed E-state index contributed by atoms with van der Waals surface area (Å²) in [5.74, 6) is -0.654. The Hall–Kier alpha value is -1.56. The van der Waals surface area contributed by atoms with Gasteiger partial charge < -0.3 is 10.8 Å². The number of nitrogens with two attached hydrogens (primary N) is 1. The summed E-state index contributed by atoms with van der Waals surface area (Å²) in [5, 5.41) is 9.56. The average molecular weight is 198 g/mol. The Morgan fingerprint density at radius 1 is 1.64 bits per heavy atom. The highest BCUT2D eigenvalue weighted by Crippen LogP contribution is 2.35. The van der Waals surface area contributed by atoms with Gasteiger partial charge in [0.15, 0.2) is 5.60 Å². The number of hydroxylamine groups is 2. The summed E-state index contributed by atoms with van der Waals surface area (Å²) in [6.45, 7) is 0. The predicted octanol–water partition coefficient (Wildman–Crippen LogP) is -0.146. The molecule has 6 heteroatoms. The maximum Gasteiger partial charge on any atom is 0.432 e. The van der Waals surface area contributed by atoms with Crippen LogP contribution in [-0.2, 0) is 9.63 Å². The number of carboxylic acid groups (broad SMARTS) is 1. The Morgan fingerprint density at radius 3 is 2.79 bits per heavy atom. The minimum atomic E-state index is -1.26. The Labute approximate surface area is 79.9 Å². The first-order chi connectivity index (χ1) is 6.55. The van der Waals surface area contributed by atoms with Crippen molar-refractivity contribution >= 4 is 12.0 Å². The van der Waals surface area contributed by atoms with Crippen LogP contribution in [0.15, 0.2) is 12.2 Å². The molecule has 3 aliphatic rings. The Kier molecular flexibility index (Phi) is 1.75. The van der Waals surface area contributed by atoms with E-state index in [1.54, 1.807) is 12.2 Å². The van der Waals surface area contributed by atoms with Gasteiger partial charge in [0.1, 0.15) is 0 Å². The van der Waals surface area contributed by atoms with Gasteiger partial charge in [0.25, 0.3) is 5.91 Å². The minimum absolute atomic E-state index is 0.297. The van der Waals surface area contributed by atoms with Crippen molar-refractivity contribution in [3.8, 4) is 0 Å². The lowest BCUT2D eigenvalue weighted by Crippen LogP contribution is -2.59. The van der Waals surface area contributed by atoms with Crippen LogP contribution in [0.5, 0.6) is 0 Å². The van der Waals surface area contributed by atoms with E-state index in [0.717, 1.165) is 5.06 Å². The number of amides is 2. The first-order valence-corrected chi connectivity index (χ1v) is 4.26. The molecule has 6 nitrogen and oxygen atoms in total. The number of hydrogen-bond donors (Lipinski definition) is 2. The molecule has 3 rings (SSSR count). The van der Waals surface area contributed by atoms with Gasteiger partial charge in [0.2, 0.25) is 0 Å². The molecule has 0 radical (unpaired) electrons. The second-order valence-corrected chi connectivity index (χ2v) is 3.42. The van der Waals surface area contributed by atoms with Crippen LogP contribution in [0.1, 0.15) is 12.8 Å². The summed E-state index contributed by atoms with van der Waals surface area (Å²) >= 11 is 0. The largest absolute Gasteiger partial charge is 0.463 e. The quantitative estimate of drug-likeness (QED) is 0.573. The van der Waals surface area contributed by atoms with Crippen molar-refractivity contribution in [2.75, 3.05) is 0 Å². The van der Waals surface area contributed by atoms with Gasteiger partial charge in [0, 0.05) is 0 Å². The molecule has 76 valence electrons. The third-order valence-electron chi connectivity index (χ3n) is 2.57. The van der Waals surface area contributed by atoms with Crippen LogP contribution in [0.2, 0.25) is 0 Å². The van der Waals surface area contributed by atoms with Crippen LogP contribution in [0.25, 0.3) is 0 Å². The molecule has 0 aromatic heterocycles. The molecule has 2 unspecified atom stereocenters. The summed E-state index contributed by atoms with van der Waals surface area (Å²) < 4.78 is 0. The van der Waals surface area contributed by atoms with Crippen LogP contribution in [-0.4, -0.2) is 33.8 Å². The number of hydrogen-bond acceptors (Lipinski definition) is 3. The highest BCUT2D eigenvalue weighted by atomic mass is 16.7.